The number of hydrogen-bond donors (Lipinski definition) is 2. The van der Waals surface area contributed by atoms with E-state index in [-0.39, 0.29) is 25.6 Å². The van der Waals surface area contributed by atoms with Gasteiger partial charge in [-0.25, -0.2) is 9.59 Å². The minimum atomic E-state index is -3.83. The third kappa shape index (κ3) is 4.80. The predicted molar refractivity (Wildman–Crippen MR) is 112 cm³/mol. The van der Waals surface area contributed by atoms with E-state index in [0.29, 0.717) is 0 Å². The maximum Gasteiger partial charge on any atom is 0.407 e. The number of carbonyl (C=O) groups is 3. The summed E-state index contributed by atoms with van der Waals surface area (Å²) >= 11 is 0. The molecule has 10 heteroatoms. The summed E-state index contributed by atoms with van der Waals surface area (Å²) in [5.74, 6) is -6.69. The van der Waals surface area contributed by atoms with Crippen molar-refractivity contribution < 1.29 is 37.7 Å². The number of ether oxygens (including phenoxy) is 2. The lowest BCUT2D eigenvalue weighted by atomic mass is 9.98. The molecule has 0 bridgehead atoms. The molecule has 1 fully saturated rings. The van der Waals surface area contributed by atoms with Gasteiger partial charge in [0, 0.05) is 19.0 Å². The molecule has 1 aliphatic heterocycles. The molecule has 4 rings (SSSR count). The van der Waals surface area contributed by atoms with Crippen molar-refractivity contribution >= 4 is 18.0 Å². The highest BCUT2D eigenvalue weighted by atomic mass is 19.3. The molecule has 1 aliphatic carbocycles. The van der Waals surface area contributed by atoms with Gasteiger partial charge < -0.3 is 24.8 Å². The Kier molecular flexibility index (Phi) is 6.28. The fourth-order valence-electron chi connectivity index (χ4n) is 4.04. The lowest BCUT2D eigenvalue weighted by Crippen LogP contribution is -2.61. The van der Waals surface area contributed by atoms with Crippen molar-refractivity contribution in [2.45, 2.75) is 17.9 Å². The highest BCUT2D eigenvalue weighted by Gasteiger charge is 2.46. The first-order valence-corrected chi connectivity index (χ1v) is 10.4. The second-order valence-corrected chi connectivity index (χ2v) is 7.92. The molecular weight excluding hydrogens is 438 g/mol. The highest BCUT2D eigenvalue weighted by molar-refractivity contribution is 5.85. The summed E-state index contributed by atoms with van der Waals surface area (Å²) in [4.78, 5) is 35.4. The van der Waals surface area contributed by atoms with Gasteiger partial charge in [0.15, 0.2) is 0 Å². The molecule has 8 nitrogen and oxygen atoms in total. The monoisotopic (exact) mass is 460 g/mol. The number of nitrogens with one attached hydrogen (secondary N) is 1. The lowest BCUT2D eigenvalue weighted by Gasteiger charge is -2.40. The maximum absolute atomic E-state index is 14.2. The third-order valence-corrected chi connectivity index (χ3v) is 5.69. The van der Waals surface area contributed by atoms with Gasteiger partial charge in [0.1, 0.15) is 13.2 Å². The van der Waals surface area contributed by atoms with Gasteiger partial charge in [-0.05, 0) is 22.3 Å². The van der Waals surface area contributed by atoms with Crippen molar-refractivity contribution in [2.24, 2.45) is 0 Å². The molecule has 0 aromatic heterocycles. The number of amides is 2. The van der Waals surface area contributed by atoms with Crippen LogP contribution in [0.25, 0.3) is 11.1 Å². The van der Waals surface area contributed by atoms with Crippen LogP contribution in [0.3, 0.4) is 0 Å². The maximum atomic E-state index is 14.2. The standard InChI is InChI=1S/C23H22F2N2O6/c24-23(25,21(30)27-9-14(10-27)32-12-20(28)29)13-26-22(31)33-11-19-17-7-3-1-5-15(17)16-6-2-4-8-18(16)19/h1-8,14,19H,9-13H2,(H,26,31)(H,28,29). The average Bonchev–Trinajstić information content (AvgIpc) is 3.08. The van der Waals surface area contributed by atoms with Gasteiger partial charge >= 0.3 is 18.0 Å². The number of benzene rings is 2. The minimum Gasteiger partial charge on any atom is -0.480 e. The van der Waals surface area contributed by atoms with Gasteiger partial charge in [0.05, 0.1) is 12.6 Å². The predicted octanol–water partition coefficient (Wildman–Crippen LogP) is 2.47. The molecule has 1 saturated heterocycles. The smallest absolute Gasteiger partial charge is 0.407 e. The van der Waals surface area contributed by atoms with E-state index in [1.54, 1.807) is 0 Å². The van der Waals surface area contributed by atoms with Gasteiger partial charge in [-0.2, -0.15) is 8.78 Å². The number of carboxylic acids is 1. The van der Waals surface area contributed by atoms with Gasteiger partial charge in [0.2, 0.25) is 0 Å². The van der Waals surface area contributed by atoms with Crippen LogP contribution in [-0.4, -0.2) is 72.9 Å². The third-order valence-electron chi connectivity index (χ3n) is 5.69. The molecule has 2 amide bonds. The minimum absolute atomic E-state index is 0.0336. The first-order chi connectivity index (χ1) is 15.8. The van der Waals surface area contributed by atoms with Crippen LogP contribution in [0.5, 0.6) is 0 Å². The van der Waals surface area contributed by atoms with E-state index in [1.807, 2.05) is 53.8 Å². The van der Waals surface area contributed by atoms with Crippen LogP contribution < -0.4 is 5.32 Å². The number of halogens is 2. The highest BCUT2D eigenvalue weighted by Crippen LogP contribution is 2.44. The first kappa shape index (κ1) is 22.7. The Morgan fingerprint density at radius 1 is 1.03 bits per heavy atom. The number of carbonyl (C=O) groups excluding carboxylic acids is 2. The molecule has 0 radical (unpaired) electrons. The lowest BCUT2D eigenvalue weighted by molar-refractivity contribution is -0.171. The molecule has 174 valence electrons. The number of rotatable bonds is 8. The van der Waals surface area contributed by atoms with E-state index in [0.717, 1.165) is 27.2 Å². The molecule has 0 unspecified atom stereocenters. The van der Waals surface area contributed by atoms with Crippen LogP contribution in [0.4, 0.5) is 13.6 Å². The zero-order valence-corrected chi connectivity index (χ0v) is 17.5. The Labute approximate surface area is 188 Å². The number of likely N-dealkylation sites (tertiary alicyclic amines) is 1. The van der Waals surface area contributed by atoms with Crippen LogP contribution in [0.15, 0.2) is 48.5 Å². The number of hydrogen-bond acceptors (Lipinski definition) is 5. The molecule has 2 aromatic carbocycles. The number of carboxylic acid groups (broad SMARTS) is 1. The van der Waals surface area contributed by atoms with E-state index in [1.165, 1.54) is 0 Å². The van der Waals surface area contributed by atoms with Crippen molar-refractivity contribution in [1.29, 1.82) is 0 Å². The molecule has 0 spiro atoms. The second kappa shape index (κ2) is 9.14. The van der Waals surface area contributed by atoms with E-state index in [9.17, 15) is 23.2 Å². The molecule has 33 heavy (non-hydrogen) atoms. The summed E-state index contributed by atoms with van der Waals surface area (Å²) in [6.45, 7) is -2.07. The van der Waals surface area contributed by atoms with Crippen molar-refractivity contribution in [3.63, 3.8) is 0 Å². The summed E-state index contributed by atoms with van der Waals surface area (Å²) in [5, 5.41) is 10.5. The Hall–Kier alpha value is -3.53. The molecule has 1 heterocycles. The fourth-order valence-corrected chi connectivity index (χ4v) is 4.04. The van der Waals surface area contributed by atoms with E-state index in [4.69, 9.17) is 14.6 Å². The number of fused-ring (bicyclic) bond motifs is 3. The summed E-state index contributed by atoms with van der Waals surface area (Å²) in [6, 6.07) is 15.4. The molecule has 2 aliphatic rings. The van der Waals surface area contributed by atoms with Crippen LogP contribution >= 0.6 is 0 Å². The van der Waals surface area contributed by atoms with Crippen LogP contribution in [0.2, 0.25) is 0 Å². The Balaban J connectivity index is 1.27. The zero-order valence-electron chi connectivity index (χ0n) is 17.5. The number of nitrogens with zero attached hydrogens (tertiary/aromatic N) is 1. The second-order valence-electron chi connectivity index (χ2n) is 7.92. The van der Waals surface area contributed by atoms with Crippen LogP contribution in [0.1, 0.15) is 17.0 Å². The Morgan fingerprint density at radius 3 is 2.18 bits per heavy atom. The van der Waals surface area contributed by atoms with Crippen molar-refractivity contribution in [3.05, 3.63) is 59.7 Å². The summed E-state index contributed by atoms with van der Waals surface area (Å²) in [5.41, 5.74) is 4.06. The van der Waals surface area contributed by atoms with Gasteiger partial charge in [0.25, 0.3) is 5.91 Å². The van der Waals surface area contributed by atoms with Gasteiger partial charge in [-0.3, -0.25) is 4.79 Å². The Bertz CT molecular complexity index is 1020. The molecule has 2 N–H and O–H groups in total. The molecular formula is C23H22F2N2O6. The van der Waals surface area contributed by atoms with E-state index < -0.39 is 43.1 Å². The van der Waals surface area contributed by atoms with Crippen molar-refractivity contribution in [2.75, 3.05) is 32.8 Å². The van der Waals surface area contributed by atoms with Gasteiger partial charge in [-0.15, -0.1) is 0 Å². The largest absolute Gasteiger partial charge is 0.480 e. The molecule has 2 aromatic rings. The number of alkyl carbamates (subject to hydrolysis) is 1. The van der Waals surface area contributed by atoms with Crippen molar-refractivity contribution in [3.8, 4) is 11.1 Å². The summed E-state index contributed by atoms with van der Waals surface area (Å²) in [7, 11) is 0. The number of aliphatic carboxylic acids is 1. The van der Waals surface area contributed by atoms with E-state index in [2.05, 4.69) is 0 Å². The average molecular weight is 460 g/mol. The number of alkyl halides is 2. The quantitative estimate of drug-likeness (QED) is 0.627. The fraction of sp³-hybridized carbons (Fsp3) is 0.348. The topological polar surface area (TPSA) is 105 Å². The van der Waals surface area contributed by atoms with Crippen molar-refractivity contribution in [1.82, 2.24) is 10.2 Å². The first-order valence-electron chi connectivity index (χ1n) is 10.4. The molecule has 0 atom stereocenters. The zero-order chi connectivity index (χ0) is 23.6. The summed E-state index contributed by atoms with van der Waals surface area (Å²) in [6.07, 6.45) is -1.65. The SMILES string of the molecule is O=C(O)COC1CN(C(=O)C(F)(F)CNC(=O)OCC2c3ccccc3-c3ccccc32)C1. The van der Waals surface area contributed by atoms with Crippen LogP contribution in [0, 0.1) is 0 Å². The normalized spacial score (nSPS) is 15.4. The van der Waals surface area contributed by atoms with E-state index >= 15 is 0 Å². The summed E-state index contributed by atoms with van der Waals surface area (Å²) < 4.78 is 38.6. The molecule has 0 saturated carbocycles. The Morgan fingerprint density at radius 2 is 1.61 bits per heavy atom. The van der Waals surface area contributed by atoms with Gasteiger partial charge in [-0.1, -0.05) is 48.5 Å². The van der Waals surface area contributed by atoms with Crippen LogP contribution in [-0.2, 0) is 19.1 Å².